The monoisotopic (exact) mass is 426 g/mol. The molecule has 3 aromatic rings. The van der Waals surface area contributed by atoms with E-state index in [1.807, 2.05) is 41.8 Å². The standard InChI is InChI=1S/C22H26N4O3S/c1-3-16-7-4-5-9-19(16)23-20(27)14-30-22-25-24-21(18-10-12-28-15(18)2)26(22)13-17-8-6-11-29-17/h4-5,7,9-10,12,17H,3,6,8,11,13-14H2,1-2H3,(H,23,27)/t17-/m0/s1. The summed E-state index contributed by atoms with van der Waals surface area (Å²) in [5.74, 6) is 1.73. The summed E-state index contributed by atoms with van der Waals surface area (Å²) in [6, 6.07) is 9.77. The number of aromatic nitrogens is 3. The molecule has 0 aliphatic carbocycles. The van der Waals surface area contributed by atoms with Crippen LogP contribution in [0.5, 0.6) is 0 Å². The third-order valence-corrected chi connectivity index (χ3v) is 6.20. The van der Waals surface area contributed by atoms with E-state index in [-0.39, 0.29) is 17.8 Å². The van der Waals surface area contributed by atoms with E-state index in [4.69, 9.17) is 9.15 Å². The number of thioether (sulfide) groups is 1. The van der Waals surface area contributed by atoms with Gasteiger partial charge in [-0.15, -0.1) is 10.2 Å². The summed E-state index contributed by atoms with van der Waals surface area (Å²) in [5.41, 5.74) is 2.89. The molecule has 0 saturated carbocycles. The summed E-state index contributed by atoms with van der Waals surface area (Å²) in [4.78, 5) is 12.6. The number of nitrogens with zero attached hydrogens (tertiary/aromatic N) is 3. The van der Waals surface area contributed by atoms with Crippen LogP contribution in [-0.2, 0) is 22.5 Å². The predicted molar refractivity (Wildman–Crippen MR) is 117 cm³/mol. The Morgan fingerprint density at radius 1 is 1.30 bits per heavy atom. The van der Waals surface area contributed by atoms with E-state index < -0.39 is 0 Å². The first-order valence-corrected chi connectivity index (χ1v) is 11.2. The zero-order valence-corrected chi connectivity index (χ0v) is 18.1. The van der Waals surface area contributed by atoms with Gasteiger partial charge in [-0.2, -0.15) is 0 Å². The van der Waals surface area contributed by atoms with E-state index in [0.29, 0.717) is 11.7 Å². The molecular formula is C22H26N4O3S. The van der Waals surface area contributed by atoms with Crippen molar-refractivity contribution < 1.29 is 13.9 Å². The van der Waals surface area contributed by atoms with Gasteiger partial charge in [0, 0.05) is 12.3 Å². The van der Waals surface area contributed by atoms with Crippen LogP contribution < -0.4 is 5.32 Å². The number of anilines is 1. The summed E-state index contributed by atoms with van der Waals surface area (Å²) >= 11 is 1.39. The zero-order chi connectivity index (χ0) is 20.9. The van der Waals surface area contributed by atoms with Gasteiger partial charge < -0.3 is 14.5 Å². The van der Waals surface area contributed by atoms with Crippen LogP contribution >= 0.6 is 11.8 Å². The molecule has 4 rings (SSSR count). The third-order valence-electron chi connectivity index (χ3n) is 5.23. The molecule has 0 spiro atoms. The first kappa shape index (κ1) is 20.7. The van der Waals surface area contributed by atoms with Crippen molar-refractivity contribution in [2.45, 2.75) is 50.9 Å². The average Bonchev–Trinajstić information content (AvgIpc) is 3.49. The quantitative estimate of drug-likeness (QED) is 0.540. The molecule has 8 heteroatoms. The lowest BCUT2D eigenvalue weighted by Crippen LogP contribution is -2.18. The molecule has 30 heavy (non-hydrogen) atoms. The summed E-state index contributed by atoms with van der Waals surface area (Å²) in [6.45, 7) is 5.43. The number of nitrogens with one attached hydrogen (secondary N) is 1. The molecule has 1 atom stereocenters. The zero-order valence-electron chi connectivity index (χ0n) is 17.3. The topological polar surface area (TPSA) is 82.2 Å². The van der Waals surface area contributed by atoms with Gasteiger partial charge in [-0.05, 0) is 43.9 Å². The number of amides is 1. The van der Waals surface area contributed by atoms with E-state index in [9.17, 15) is 4.79 Å². The summed E-state index contributed by atoms with van der Waals surface area (Å²) < 4.78 is 13.3. The fraction of sp³-hybridized carbons (Fsp3) is 0.409. The van der Waals surface area contributed by atoms with Crippen molar-refractivity contribution in [1.82, 2.24) is 14.8 Å². The molecule has 0 radical (unpaired) electrons. The molecule has 1 amide bonds. The SMILES string of the molecule is CCc1ccccc1NC(=O)CSc1nnc(-c2ccoc2C)n1C[C@@H]1CCCO1. The van der Waals surface area contributed by atoms with Crippen molar-refractivity contribution in [3.8, 4) is 11.4 Å². The second kappa shape index (κ2) is 9.49. The van der Waals surface area contributed by atoms with Crippen molar-refractivity contribution >= 4 is 23.4 Å². The fourth-order valence-electron chi connectivity index (χ4n) is 3.64. The van der Waals surface area contributed by atoms with Crippen molar-refractivity contribution in [3.05, 3.63) is 47.9 Å². The minimum absolute atomic E-state index is 0.0615. The predicted octanol–water partition coefficient (Wildman–Crippen LogP) is 4.32. The largest absolute Gasteiger partial charge is 0.469 e. The lowest BCUT2D eigenvalue weighted by molar-refractivity contribution is -0.113. The number of carbonyl (C=O) groups is 1. The minimum atomic E-state index is -0.0615. The Hall–Kier alpha value is -2.58. The molecule has 1 N–H and O–H groups in total. The average molecular weight is 427 g/mol. The Morgan fingerprint density at radius 3 is 2.90 bits per heavy atom. The Balaban J connectivity index is 1.49. The maximum atomic E-state index is 12.6. The molecule has 1 fully saturated rings. The van der Waals surface area contributed by atoms with Crippen LogP contribution in [0.4, 0.5) is 5.69 Å². The first-order valence-electron chi connectivity index (χ1n) is 10.3. The number of furan rings is 1. The number of benzene rings is 1. The number of para-hydroxylation sites is 1. The Labute approximate surface area is 180 Å². The van der Waals surface area contributed by atoms with E-state index in [1.54, 1.807) is 6.26 Å². The molecule has 0 bridgehead atoms. The highest BCUT2D eigenvalue weighted by atomic mass is 32.2. The van der Waals surface area contributed by atoms with Crippen molar-refractivity contribution in [2.24, 2.45) is 0 Å². The Bertz CT molecular complexity index is 1010. The first-order chi connectivity index (χ1) is 14.7. The minimum Gasteiger partial charge on any atom is -0.469 e. The van der Waals surface area contributed by atoms with Crippen LogP contribution in [-0.4, -0.2) is 39.1 Å². The van der Waals surface area contributed by atoms with Gasteiger partial charge in [0.2, 0.25) is 5.91 Å². The van der Waals surface area contributed by atoms with E-state index >= 15 is 0 Å². The van der Waals surface area contributed by atoms with E-state index in [1.165, 1.54) is 11.8 Å². The van der Waals surface area contributed by atoms with Crippen LogP contribution in [0.1, 0.15) is 31.1 Å². The number of hydrogen-bond acceptors (Lipinski definition) is 6. The maximum Gasteiger partial charge on any atom is 0.234 e. The molecule has 1 aromatic carbocycles. The molecule has 7 nitrogen and oxygen atoms in total. The molecule has 158 valence electrons. The van der Waals surface area contributed by atoms with Crippen LogP contribution in [0.15, 0.2) is 46.2 Å². The van der Waals surface area contributed by atoms with Gasteiger partial charge in [0.25, 0.3) is 0 Å². The van der Waals surface area contributed by atoms with Gasteiger partial charge in [0.15, 0.2) is 11.0 Å². The van der Waals surface area contributed by atoms with Gasteiger partial charge >= 0.3 is 0 Å². The molecule has 3 heterocycles. The van der Waals surface area contributed by atoms with Gasteiger partial charge in [0.1, 0.15) is 5.76 Å². The normalized spacial score (nSPS) is 16.1. The number of aryl methyl sites for hydroxylation is 2. The van der Waals surface area contributed by atoms with Crippen LogP contribution in [0.25, 0.3) is 11.4 Å². The number of rotatable bonds is 8. The van der Waals surface area contributed by atoms with Gasteiger partial charge in [-0.25, -0.2) is 0 Å². The highest BCUT2D eigenvalue weighted by molar-refractivity contribution is 7.99. The summed E-state index contributed by atoms with van der Waals surface area (Å²) in [7, 11) is 0. The van der Waals surface area contributed by atoms with Gasteiger partial charge in [0.05, 0.1) is 30.2 Å². The Morgan fingerprint density at radius 2 is 2.17 bits per heavy atom. The van der Waals surface area contributed by atoms with Crippen LogP contribution in [0, 0.1) is 6.92 Å². The maximum absolute atomic E-state index is 12.6. The third kappa shape index (κ3) is 4.60. The second-order valence-corrected chi connectivity index (χ2v) is 8.23. The lowest BCUT2D eigenvalue weighted by Gasteiger charge is -2.14. The number of hydrogen-bond donors (Lipinski definition) is 1. The Kier molecular flexibility index (Phi) is 6.54. The van der Waals surface area contributed by atoms with E-state index in [2.05, 4.69) is 22.4 Å². The van der Waals surface area contributed by atoms with Crippen molar-refractivity contribution in [2.75, 3.05) is 17.7 Å². The van der Waals surface area contributed by atoms with Crippen LogP contribution in [0.3, 0.4) is 0 Å². The summed E-state index contributed by atoms with van der Waals surface area (Å²) in [6.07, 6.45) is 4.74. The highest BCUT2D eigenvalue weighted by Crippen LogP contribution is 2.29. The van der Waals surface area contributed by atoms with Crippen molar-refractivity contribution in [1.29, 1.82) is 0 Å². The van der Waals surface area contributed by atoms with Gasteiger partial charge in [-0.1, -0.05) is 36.9 Å². The van der Waals surface area contributed by atoms with E-state index in [0.717, 1.165) is 54.3 Å². The lowest BCUT2D eigenvalue weighted by atomic mass is 10.1. The molecular weight excluding hydrogens is 400 g/mol. The fourth-order valence-corrected chi connectivity index (χ4v) is 4.38. The molecule has 1 aliphatic rings. The molecule has 1 saturated heterocycles. The smallest absolute Gasteiger partial charge is 0.234 e. The van der Waals surface area contributed by atoms with Crippen LogP contribution in [0.2, 0.25) is 0 Å². The molecule has 2 aromatic heterocycles. The number of carbonyl (C=O) groups excluding carboxylic acids is 1. The molecule has 0 unspecified atom stereocenters. The van der Waals surface area contributed by atoms with Gasteiger partial charge in [-0.3, -0.25) is 9.36 Å². The van der Waals surface area contributed by atoms with Crippen molar-refractivity contribution in [3.63, 3.8) is 0 Å². The second-order valence-electron chi connectivity index (χ2n) is 7.29. The molecule has 1 aliphatic heterocycles. The summed E-state index contributed by atoms with van der Waals surface area (Å²) in [5, 5.41) is 12.5. The number of ether oxygens (including phenoxy) is 1. The highest BCUT2D eigenvalue weighted by Gasteiger charge is 2.23.